The van der Waals surface area contributed by atoms with Gasteiger partial charge in [-0.15, -0.1) is 0 Å². The fourth-order valence-electron chi connectivity index (χ4n) is 4.01. The number of carboxylic acid groups (broad SMARTS) is 1. The fraction of sp³-hybridized carbons (Fsp3) is 0.480. The first-order chi connectivity index (χ1) is 16.2. The number of piperidine rings is 1. The number of esters is 1. The van der Waals surface area contributed by atoms with Crippen molar-refractivity contribution in [2.75, 3.05) is 26.3 Å². The standard InChI is InChI=1S/C25H31ClN2O6/c1-4-25(3,23(30)33-5-2)27-22(29)19-14-20(26)17-8-6-7-9-18(17)21(19)34-15-16-10-12-28(13-11-16)24(31)32/h6-9,14,16H,4-5,10-13,15H2,1-3H3,(H,27,29)(H,31,32). The normalized spacial score (nSPS) is 16.1. The monoisotopic (exact) mass is 490 g/mol. The van der Waals surface area contributed by atoms with Crippen LogP contribution in [0.1, 0.15) is 50.4 Å². The van der Waals surface area contributed by atoms with E-state index >= 15 is 0 Å². The van der Waals surface area contributed by atoms with E-state index in [1.807, 2.05) is 24.3 Å². The summed E-state index contributed by atoms with van der Waals surface area (Å²) >= 11 is 6.50. The van der Waals surface area contributed by atoms with Crippen molar-refractivity contribution in [3.63, 3.8) is 0 Å². The second-order valence-corrected chi connectivity index (χ2v) is 9.07. The molecule has 2 N–H and O–H groups in total. The summed E-state index contributed by atoms with van der Waals surface area (Å²) in [6, 6.07) is 8.95. The molecule has 2 aromatic carbocycles. The number of halogens is 1. The first-order valence-electron chi connectivity index (χ1n) is 11.5. The zero-order valence-electron chi connectivity index (χ0n) is 19.7. The summed E-state index contributed by atoms with van der Waals surface area (Å²) in [5, 5.41) is 13.8. The third-order valence-electron chi connectivity index (χ3n) is 6.36. The summed E-state index contributed by atoms with van der Waals surface area (Å²) in [5.41, 5.74) is -0.970. The van der Waals surface area contributed by atoms with Crippen molar-refractivity contribution < 1.29 is 29.0 Å². The highest BCUT2D eigenvalue weighted by molar-refractivity contribution is 6.36. The number of benzene rings is 2. The highest BCUT2D eigenvalue weighted by atomic mass is 35.5. The van der Waals surface area contributed by atoms with E-state index in [4.69, 9.17) is 26.2 Å². The number of hydrogen-bond acceptors (Lipinski definition) is 5. The molecule has 0 bridgehead atoms. The Hall–Kier alpha value is -3.00. The smallest absolute Gasteiger partial charge is 0.407 e. The van der Waals surface area contributed by atoms with E-state index in [1.54, 1.807) is 26.8 Å². The Balaban J connectivity index is 1.89. The van der Waals surface area contributed by atoms with Gasteiger partial charge < -0.3 is 24.8 Å². The zero-order chi connectivity index (χ0) is 24.9. The minimum Gasteiger partial charge on any atom is -0.492 e. The molecule has 1 atom stereocenters. The van der Waals surface area contributed by atoms with Gasteiger partial charge in [-0.2, -0.15) is 0 Å². The van der Waals surface area contributed by atoms with Crippen LogP contribution in [0, 0.1) is 5.92 Å². The quantitative estimate of drug-likeness (QED) is 0.518. The molecule has 34 heavy (non-hydrogen) atoms. The Bertz CT molecular complexity index is 1070. The van der Waals surface area contributed by atoms with Gasteiger partial charge in [0.2, 0.25) is 0 Å². The maximum atomic E-state index is 13.4. The molecule has 9 heteroatoms. The molecule has 1 unspecified atom stereocenters. The molecule has 0 radical (unpaired) electrons. The van der Waals surface area contributed by atoms with E-state index < -0.39 is 23.5 Å². The highest BCUT2D eigenvalue weighted by Crippen LogP contribution is 2.36. The predicted molar refractivity (Wildman–Crippen MR) is 130 cm³/mol. The summed E-state index contributed by atoms with van der Waals surface area (Å²) in [6.07, 6.45) is 0.784. The van der Waals surface area contributed by atoms with Crippen LogP contribution in [0.3, 0.4) is 0 Å². The van der Waals surface area contributed by atoms with Crippen molar-refractivity contribution in [1.82, 2.24) is 10.2 Å². The van der Waals surface area contributed by atoms with Crippen LogP contribution in [-0.4, -0.2) is 59.8 Å². The number of hydrogen-bond donors (Lipinski definition) is 2. The molecule has 1 fully saturated rings. The molecule has 1 saturated heterocycles. The van der Waals surface area contributed by atoms with Crippen molar-refractivity contribution in [2.24, 2.45) is 5.92 Å². The maximum Gasteiger partial charge on any atom is 0.407 e. The first kappa shape index (κ1) is 25.6. The number of fused-ring (bicyclic) bond motifs is 1. The molecule has 184 valence electrons. The number of ether oxygens (including phenoxy) is 2. The van der Waals surface area contributed by atoms with Crippen molar-refractivity contribution in [1.29, 1.82) is 0 Å². The van der Waals surface area contributed by atoms with E-state index in [-0.39, 0.29) is 18.1 Å². The lowest BCUT2D eigenvalue weighted by atomic mass is 9.97. The molecule has 3 rings (SSSR count). The third kappa shape index (κ3) is 5.55. The summed E-state index contributed by atoms with van der Waals surface area (Å²) in [4.78, 5) is 38.4. The van der Waals surface area contributed by atoms with E-state index in [0.717, 1.165) is 5.39 Å². The topological polar surface area (TPSA) is 105 Å². The molecule has 0 spiro atoms. The minimum atomic E-state index is -1.20. The molecule has 0 aliphatic carbocycles. The molecule has 2 aromatic rings. The SMILES string of the molecule is CCOC(=O)C(C)(CC)NC(=O)c1cc(Cl)c2ccccc2c1OCC1CCN(C(=O)O)CC1. The van der Waals surface area contributed by atoms with Crippen LogP contribution in [-0.2, 0) is 9.53 Å². The average molecular weight is 491 g/mol. The van der Waals surface area contributed by atoms with Crippen molar-refractivity contribution in [3.05, 3.63) is 40.9 Å². The second kappa shape index (κ2) is 11.0. The minimum absolute atomic E-state index is 0.154. The van der Waals surface area contributed by atoms with Crippen LogP contribution in [0.5, 0.6) is 5.75 Å². The van der Waals surface area contributed by atoms with Crippen molar-refractivity contribution in [2.45, 2.75) is 45.6 Å². The van der Waals surface area contributed by atoms with Gasteiger partial charge in [-0.25, -0.2) is 9.59 Å². The second-order valence-electron chi connectivity index (χ2n) is 8.66. The van der Waals surface area contributed by atoms with Gasteiger partial charge in [-0.3, -0.25) is 4.79 Å². The van der Waals surface area contributed by atoms with Crippen LogP contribution in [0.4, 0.5) is 4.79 Å². The number of carbonyl (C=O) groups excluding carboxylic acids is 2. The number of nitrogens with zero attached hydrogens (tertiary/aromatic N) is 1. The molecule has 1 heterocycles. The Morgan fingerprint density at radius 1 is 1.18 bits per heavy atom. The third-order valence-corrected chi connectivity index (χ3v) is 6.67. The number of rotatable bonds is 8. The van der Waals surface area contributed by atoms with Crippen LogP contribution in [0.2, 0.25) is 5.02 Å². The van der Waals surface area contributed by atoms with Crippen LogP contribution in [0.15, 0.2) is 30.3 Å². The molecule has 1 aliphatic rings. The van der Waals surface area contributed by atoms with Gasteiger partial charge in [-0.1, -0.05) is 42.8 Å². The van der Waals surface area contributed by atoms with E-state index in [2.05, 4.69) is 5.32 Å². The van der Waals surface area contributed by atoms with Gasteiger partial charge in [0.15, 0.2) is 0 Å². The van der Waals surface area contributed by atoms with Gasteiger partial charge in [0.05, 0.1) is 18.8 Å². The van der Waals surface area contributed by atoms with Gasteiger partial charge in [0, 0.05) is 28.9 Å². The summed E-state index contributed by atoms with van der Waals surface area (Å²) in [6.45, 7) is 6.59. The summed E-state index contributed by atoms with van der Waals surface area (Å²) < 4.78 is 11.4. The lowest BCUT2D eigenvalue weighted by molar-refractivity contribution is -0.150. The van der Waals surface area contributed by atoms with E-state index in [1.165, 1.54) is 4.90 Å². The lowest BCUT2D eigenvalue weighted by Crippen LogP contribution is -2.52. The summed E-state index contributed by atoms with van der Waals surface area (Å²) in [5.74, 6) is -0.451. The first-order valence-corrected chi connectivity index (χ1v) is 11.9. The average Bonchev–Trinajstić information content (AvgIpc) is 2.83. The molecule has 8 nitrogen and oxygen atoms in total. The van der Waals surface area contributed by atoms with Crippen LogP contribution in [0.25, 0.3) is 10.8 Å². The number of carbonyl (C=O) groups is 3. The molecule has 2 amide bonds. The number of amides is 2. The fourth-order valence-corrected chi connectivity index (χ4v) is 4.29. The van der Waals surface area contributed by atoms with Crippen molar-refractivity contribution >= 4 is 40.3 Å². The molecule has 0 aromatic heterocycles. The van der Waals surface area contributed by atoms with Gasteiger partial charge >= 0.3 is 12.1 Å². The predicted octanol–water partition coefficient (Wildman–Crippen LogP) is 4.72. The van der Waals surface area contributed by atoms with Crippen LogP contribution < -0.4 is 10.1 Å². The molecular formula is C25H31ClN2O6. The molecule has 0 saturated carbocycles. The van der Waals surface area contributed by atoms with E-state index in [9.17, 15) is 14.4 Å². The zero-order valence-corrected chi connectivity index (χ0v) is 20.5. The number of nitrogens with one attached hydrogen (secondary N) is 1. The Morgan fingerprint density at radius 3 is 2.41 bits per heavy atom. The van der Waals surface area contributed by atoms with Gasteiger partial charge in [-0.05, 0) is 45.1 Å². The largest absolute Gasteiger partial charge is 0.492 e. The molecule has 1 aliphatic heterocycles. The lowest BCUT2D eigenvalue weighted by Gasteiger charge is -2.30. The van der Waals surface area contributed by atoms with Crippen LogP contribution >= 0.6 is 11.6 Å². The Morgan fingerprint density at radius 2 is 1.82 bits per heavy atom. The van der Waals surface area contributed by atoms with E-state index in [0.29, 0.717) is 55.1 Å². The summed E-state index contributed by atoms with van der Waals surface area (Å²) in [7, 11) is 0. The number of likely N-dealkylation sites (tertiary alicyclic amines) is 1. The maximum absolute atomic E-state index is 13.4. The Labute approximate surface area is 204 Å². The van der Waals surface area contributed by atoms with Gasteiger partial charge in [0.25, 0.3) is 5.91 Å². The van der Waals surface area contributed by atoms with Gasteiger partial charge in [0.1, 0.15) is 11.3 Å². The molecular weight excluding hydrogens is 460 g/mol. The highest BCUT2D eigenvalue weighted by Gasteiger charge is 2.36. The van der Waals surface area contributed by atoms with Crippen molar-refractivity contribution in [3.8, 4) is 5.75 Å². The Kier molecular flexibility index (Phi) is 8.25.